The number of aryl methyl sites for hydroxylation is 2. The van der Waals surface area contributed by atoms with Crippen LogP contribution in [-0.2, 0) is 24.9 Å². The quantitative estimate of drug-likeness (QED) is 0.707. The first kappa shape index (κ1) is 21.6. The zero-order valence-corrected chi connectivity index (χ0v) is 18.7. The van der Waals surface area contributed by atoms with Gasteiger partial charge in [0.1, 0.15) is 0 Å². The second kappa shape index (κ2) is 9.57. The van der Waals surface area contributed by atoms with Gasteiger partial charge in [0, 0.05) is 40.0 Å². The molecule has 0 unspecified atom stereocenters. The van der Waals surface area contributed by atoms with Gasteiger partial charge in [-0.15, -0.1) is 0 Å². The molecule has 1 aromatic heterocycles. The maximum atomic E-state index is 11.5. The third-order valence-corrected chi connectivity index (χ3v) is 6.30. The van der Waals surface area contributed by atoms with E-state index in [0.717, 1.165) is 24.7 Å². The lowest BCUT2D eigenvalue weighted by Crippen LogP contribution is -2.28. The Morgan fingerprint density at radius 2 is 1.86 bits per heavy atom. The standard InChI is InChI=1S/C24H36N4O/c1-18-7-6-8-21(13-18)16-26(3)15-20-9-11-22(12-10-20)24-14-23(28(5)25-24)17-27(4)19(2)29/h6-8,13-14,20,22H,9-12,15-17H2,1-5H3. The molecule has 29 heavy (non-hydrogen) atoms. The van der Waals surface area contributed by atoms with Crippen molar-refractivity contribution in [3.63, 3.8) is 0 Å². The average Bonchev–Trinajstić information content (AvgIpc) is 3.02. The predicted molar refractivity (Wildman–Crippen MR) is 118 cm³/mol. The maximum Gasteiger partial charge on any atom is 0.219 e. The van der Waals surface area contributed by atoms with Crippen molar-refractivity contribution in [2.75, 3.05) is 20.6 Å². The normalized spacial score (nSPS) is 19.5. The Balaban J connectivity index is 1.49. The predicted octanol–water partition coefficient (Wildman–Crippen LogP) is 4.11. The second-order valence-electron chi connectivity index (χ2n) is 8.96. The van der Waals surface area contributed by atoms with Crippen molar-refractivity contribution in [2.45, 2.75) is 58.5 Å². The van der Waals surface area contributed by atoms with Crippen LogP contribution >= 0.6 is 0 Å². The van der Waals surface area contributed by atoms with Gasteiger partial charge in [-0.1, -0.05) is 29.8 Å². The van der Waals surface area contributed by atoms with Gasteiger partial charge in [0.15, 0.2) is 0 Å². The number of aromatic nitrogens is 2. The van der Waals surface area contributed by atoms with Crippen LogP contribution in [0.25, 0.3) is 0 Å². The van der Waals surface area contributed by atoms with Gasteiger partial charge in [-0.3, -0.25) is 9.48 Å². The van der Waals surface area contributed by atoms with Crippen molar-refractivity contribution >= 4 is 5.91 Å². The van der Waals surface area contributed by atoms with E-state index in [-0.39, 0.29) is 5.91 Å². The number of carbonyl (C=O) groups is 1. The van der Waals surface area contributed by atoms with Gasteiger partial charge >= 0.3 is 0 Å². The van der Waals surface area contributed by atoms with Crippen LogP contribution < -0.4 is 0 Å². The summed E-state index contributed by atoms with van der Waals surface area (Å²) in [4.78, 5) is 15.7. The van der Waals surface area contributed by atoms with Crippen LogP contribution in [0.4, 0.5) is 0 Å². The van der Waals surface area contributed by atoms with Gasteiger partial charge in [-0.25, -0.2) is 0 Å². The van der Waals surface area contributed by atoms with Crippen LogP contribution in [0.1, 0.15) is 61.0 Å². The molecule has 158 valence electrons. The molecule has 5 nitrogen and oxygen atoms in total. The zero-order valence-electron chi connectivity index (χ0n) is 18.7. The molecule has 1 aromatic carbocycles. The molecule has 0 aliphatic heterocycles. The van der Waals surface area contributed by atoms with Crippen molar-refractivity contribution in [3.05, 3.63) is 52.8 Å². The third kappa shape index (κ3) is 5.92. The van der Waals surface area contributed by atoms with Crippen molar-refractivity contribution in [1.82, 2.24) is 19.6 Å². The molecule has 1 aliphatic rings. The number of hydrogen-bond donors (Lipinski definition) is 0. The molecule has 0 N–H and O–H groups in total. The van der Waals surface area contributed by atoms with Gasteiger partial charge in [-0.2, -0.15) is 5.10 Å². The Morgan fingerprint density at radius 3 is 2.52 bits per heavy atom. The number of hydrogen-bond acceptors (Lipinski definition) is 3. The second-order valence-corrected chi connectivity index (χ2v) is 8.96. The Morgan fingerprint density at radius 1 is 1.14 bits per heavy atom. The van der Waals surface area contributed by atoms with Crippen LogP contribution in [0.2, 0.25) is 0 Å². The van der Waals surface area contributed by atoms with Crippen LogP contribution in [0.3, 0.4) is 0 Å². The van der Waals surface area contributed by atoms with E-state index >= 15 is 0 Å². The minimum Gasteiger partial charge on any atom is -0.340 e. The van der Waals surface area contributed by atoms with Crippen LogP contribution in [0.15, 0.2) is 30.3 Å². The third-order valence-electron chi connectivity index (χ3n) is 6.30. The summed E-state index contributed by atoms with van der Waals surface area (Å²) in [6.07, 6.45) is 4.95. The first-order valence-corrected chi connectivity index (χ1v) is 10.8. The van der Waals surface area contributed by atoms with E-state index in [1.807, 2.05) is 18.8 Å². The fraction of sp³-hybridized carbons (Fsp3) is 0.583. The molecule has 1 heterocycles. The number of carbonyl (C=O) groups excluding carboxylic acids is 1. The molecule has 1 saturated carbocycles. The number of nitrogens with zero attached hydrogens (tertiary/aromatic N) is 4. The molecule has 3 rings (SSSR count). The Kier molecular flexibility index (Phi) is 7.12. The fourth-order valence-corrected chi connectivity index (χ4v) is 4.50. The highest BCUT2D eigenvalue weighted by Crippen LogP contribution is 2.35. The van der Waals surface area contributed by atoms with Crippen LogP contribution in [0.5, 0.6) is 0 Å². The zero-order chi connectivity index (χ0) is 21.0. The lowest BCUT2D eigenvalue weighted by atomic mass is 9.80. The van der Waals surface area contributed by atoms with E-state index in [1.165, 1.54) is 42.5 Å². The molecule has 0 spiro atoms. The summed E-state index contributed by atoms with van der Waals surface area (Å²) < 4.78 is 1.94. The molecular formula is C24H36N4O. The van der Waals surface area contributed by atoms with E-state index in [0.29, 0.717) is 12.5 Å². The summed E-state index contributed by atoms with van der Waals surface area (Å²) >= 11 is 0. The maximum absolute atomic E-state index is 11.5. The summed E-state index contributed by atoms with van der Waals surface area (Å²) in [6, 6.07) is 11.0. The number of rotatable bonds is 7. The van der Waals surface area contributed by atoms with Gasteiger partial charge in [0.2, 0.25) is 5.91 Å². The van der Waals surface area contributed by atoms with Gasteiger partial charge < -0.3 is 9.80 Å². The molecule has 1 aliphatic carbocycles. The van der Waals surface area contributed by atoms with E-state index in [4.69, 9.17) is 5.10 Å². The molecule has 2 aromatic rings. The molecule has 0 radical (unpaired) electrons. The molecule has 1 fully saturated rings. The molecule has 5 heteroatoms. The van der Waals surface area contributed by atoms with E-state index in [1.54, 1.807) is 11.8 Å². The van der Waals surface area contributed by atoms with Gasteiger partial charge in [-0.05, 0) is 57.2 Å². The van der Waals surface area contributed by atoms with Crippen molar-refractivity contribution in [3.8, 4) is 0 Å². The van der Waals surface area contributed by atoms with Crippen LogP contribution in [-0.4, -0.2) is 46.1 Å². The van der Waals surface area contributed by atoms with Gasteiger partial charge in [0.25, 0.3) is 0 Å². The van der Waals surface area contributed by atoms with E-state index < -0.39 is 0 Å². The van der Waals surface area contributed by atoms with Crippen molar-refractivity contribution in [1.29, 1.82) is 0 Å². The van der Waals surface area contributed by atoms with Crippen LogP contribution in [0, 0.1) is 12.8 Å². The summed E-state index contributed by atoms with van der Waals surface area (Å²) in [7, 11) is 6.07. The number of benzene rings is 1. The largest absolute Gasteiger partial charge is 0.340 e. The lowest BCUT2D eigenvalue weighted by molar-refractivity contribution is -0.128. The Bertz CT molecular complexity index is 820. The highest BCUT2D eigenvalue weighted by atomic mass is 16.2. The summed E-state index contributed by atoms with van der Waals surface area (Å²) in [5.41, 5.74) is 5.04. The first-order chi connectivity index (χ1) is 13.8. The Hall–Kier alpha value is -2.14. The monoisotopic (exact) mass is 396 g/mol. The minimum atomic E-state index is 0.0861. The van der Waals surface area contributed by atoms with E-state index in [9.17, 15) is 4.79 Å². The van der Waals surface area contributed by atoms with Gasteiger partial charge in [0.05, 0.1) is 17.9 Å². The lowest BCUT2D eigenvalue weighted by Gasteiger charge is -2.30. The topological polar surface area (TPSA) is 41.4 Å². The summed E-state index contributed by atoms with van der Waals surface area (Å²) in [5.74, 6) is 1.41. The molecule has 0 saturated heterocycles. The molecular weight excluding hydrogens is 360 g/mol. The first-order valence-electron chi connectivity index (χ1n) is 10.8. The SMILES string of the molecule is CC(=O)N(C)Cc1cc(C2CCC(CN(C)Cc3cccc(C)c3)CC2)nn1C. The average molecular weight is 397 g/mol. The molecule has 0 atom stereocenters. The van der Waals surface area contributed by atoms with Crippen molar-refractivity contribution < 1.29 is 4.79 Å². The summed E-state index contributed by atoms with van der Waals surface area (Å²) in [5, 5.41) is 4.77. The minimum absolute atomic E-state index is 0.0861. The van der Waals surface area contributed by atoms with Crippen molar-refractivity contribution in [2.24, 2.45) is 13.0 Å². The molecule has 1 amide bonds. The Labute approximate surface area is 175 Å². The number of amides is 1. The smallest absolute Gasteiger partial charge is 0.219 e. The highest BCUT2D eigenvalue weighted by molar-refractivity contribution is 5.72. The highest BCUT2D eigenvalue weighted by Gasteiger charge is 2.25. The van der Waals surface area contributed by atoms with E-state index in [2.05, 4.69) is 49.2 Å². The summed E-state index contributed by atoms with van der Waals surface area (Å²) in [6.45, 7) is 6.57. The fourth-order valence-electron chi connectivity index (χ4n) is 4.50. The molecule has 0 bridgehead atoms.